The highest BCUT2D eigenvalue weighted by Crippen LogP contribution is 2.24. The van der Waals surface area contributed by atoms with Crippen LogP contribution >= 0.6 is 11.3 Å². The number of fused-ring (bicyclic) bond motifs is 1. The zero-order valence-corrected chi connectivity index (χ0v) is 16.8. The molecule has 0 bridgehead atoms. The maximum atomic E-state index is 12.7. The van der Waals surface area contributed by atoms with E-state index in [2.05, 4.69) is 37.0 Å². The Morgan fingerprint density at radius 1 is 1.19 bits per heavy atom. The zero-order valence-electron chi connectivity index (χ0n) is 15.1. The number of nitrogens with zero attached hydrogens (tertiary/aromatic N) is 2. The van der Waals surface area contributed by atoms with Gasteiger partial charge in [0.25, 0.3) is 10.0 Å². The minimum Gasteiger partial charge on any atom is -0.312 e. The van der Waals surface area contributed by atoms with Crippen molar-refractivity contribution < 1.29 is 8.42 Å². The summed E-state index contributed by atoms with van der Waals surface area (Å²) in [5.74, 6) is 0.408. The fourth-order valence-electron chi connectivity index (χ4n) is 2.69. The Labute approximate surface area is 158 Å². The minimum absolute atomic E-state index is 0.202. The molecular weight excluding hydrogens is 364 g/mol. The van der Waals surface area contributed by atoms with Gasteiger partial charge in [0.1, 0.15) is 0 Å². The molecule has 0 spiro atoms. The minimum atomic E-state index is -3.76. The standard InChI is InChI=1S/C20H22N2O2S2/c1-5-12-22-18-11-8-16(14(2)3)13-19(18)25-20(22)21-26(23,24)17-9-6-15(4)7-10-17/h5-11,13-14H,1,12H2,2-4H3/b21-20-. The van der Waals surface area contributed by atoms with Gasteiger partial charge < -0.3 is 4.57 Å². The quantitative estimate of drug-likeness (QED) is 0.601. The number of hydrogen-bond donors (Lipinski definition) is 0. The molecular formula is C20H22N2O2S2. The zero-order chi connectivity index (χ0) is 18.9. The summed E-state index contributed by atoms with van der Waals surface area (Å²) in [5.41, 5.74) is 3.20. The third-order valence-electron chi connectivity index (χ3n) is 4.20. The molecule has 3 rings (SSSR count). The van der Waals surface area contributed by atoms with Gasteiger partial charge in [-0.3, -0.25) is 0 Å². The largest absolute Gasteiger partial charge is 0.312 e. The van der Waals surface area contributed by atoms with Gasteiger partial charge in [-0.2, -0.15) is 8.42 Å². The first-order chi connectivity index (χ1) is 12.3. The van der Waals surface area contributed by atoms with Crippen LogP contribution in [0.1, 0.15) is 30.9 Å². The van der Waals surface area contributed by atoms with Crippen molar-refractivity contribution in [2.45, 2.75) is 38.1 Å². The van der Waals surface area contributed by atoms with Crippen LogP contribution in [0.2, 0.25) is 0 Å². The monoisotopic (exact) mass is 386 g/mol. The fourth-order valence-corrected chi connectivity index (χ4v) is 4.98. The van der Waals surface area contributed by atoms with Crippen molar-refractivity contribution in [3.63, 3.8) is 0 Å². The van der Waals surface area contributed by atoms with Gasteiger partial charge in [0.05, 0.1) is 15.1 Å². The maximum absolute atomic E-state index is 12.7. The summed E-state index contributed by atoms with van der Waals surface area (Å²) in [4.78, 5) is 0.662. The highest BCUT2D eigenvalue weighted by Gasteiger charge is 2.15. The van der Waals surface area contributed by atoms with Crippen LogP contribution in [0.25, 0.3) is 10.2 Å². The van der Waals surface area contributed by atoms with Gasteiger partial charge in [0, 0.05) is 6.54 Å². The maximum Gasteiger partial charge on any atom is 0.285 e. The molecule has 0 aliphatic rings. The summed E-state index contributed by atoms with van der Waals surface area (Å²) in [5, 5.41) is 0. The first-order valence-corrected chi connectivity index (χ1v) is 10.7. The second-order valence-electron chi connectivity index (χ2n) is 6.55. The fraction of sp³-hybridized carbons (Fsp3) is 0.250. The van der Waals surface area contributed by atoms with Crippen molar-refractivity contribution in [2.75, 3.05) is 0 Å². The number of benzene rings is 2. The van der Waals surface area contributed by atoms with Crippen LogP contribution in [-0.4, -0.2) is 13.0 Å². The third kappa shape index (κ3) is 3.66. The first kappa shape index (κ1) is 18.6. The van der Waals surface area contributed by atoms with Crippen LogP contribution in [0.4, 0.5) is 0 Å². The molecule has 0 saturated carbocycles. The van der Waals surface area contributed by atoms with Crippen molar-refractivity contribution in [1.29, 1.82) is 0 Å². The normalized spacial score (nSPS) is 12.8. The average molecular weight is 387 g/mol. The molecule has 0 radical (unpaired) electrons. The van der Waals surface area contributed by atoms with Crippen molar-refractivity contribution >= 4 is 31.6 Å². The van der Waals surface area contributed by atoms with Gasteiger partial charge in [-0.25, -0.2) is 0 Å². The number of sulfonamides is 1. The lowest BCUT2D eigenvalue weighted by Crippen LogP contribution is -2.16. The number of allylic oxidation sites excluding steroid dienone is 1. The SMILES string of the molecule is C=CCn1/c(=N/S(=O)(=O)c2ccc(C)cc2)sc2cc(C(C)C)ccc21. The Morgan fingerprint density at radius 3 is 2.50 bits per heavy atom. The van der Waals surface area contributed by atoms with Crippen LogP contribution in [0.3, 0.4) is 0 Å². The van der Waals surface area contributed by atoms with E-state index in [-0.39, 0.29) is 4.90 Å². The molecule has 4 nitrogen and oxygen atoms in total. The highest BCUT2D eigenvalue weighted by molar-refractivity contribution is 7.90. The van der Waals surface area contributed by atoms with Crippen LogP contribution in [0, 0.1) is 6.92 Å². The van der Waals surface area contributed by atoms with Crippen LogP contribution < -0.4 is 4.80 Å². The van der Waals surface area contributed by atoms with Gasteiger partial charge >= 0.3 is 0 Å². The smallest absolute Gasteiger partial charge is 0.285 e. The van der Waals surface area contributed by atoms with Crippen molar-refractivity contribution in [3.8, 4) is 0 Å². The lowest BCUT2D eigenvalue weighted by Gasteiger charge is -2.06. The molecule has 0 N–H and O–H groups in total. The van der Waals surface area contributed by atoms with E-state index in [1.54, 1.807) is 30.3 Å². The summed E-state index contributed by atoms with van der Waals surface area (Å²) in [6, 6.07) is 13.0. The van der Waals surface area contributed by atoms with E-state index in [1.165, 1.54) is 16.9 Å². The summed E-state index contributed by atoms with van der Waals surface area (Å²) in [6.07, 6.45) is 1.75. The van der Waals surface area contributed by atoms with E-state index in [9.17, 15) is 8.42 Å². The molecule has 6 heteroatoms. The Kier molecular flexibility index (Phi) is 5.16. The molecule has 0 amide bonds. The molecule has 0 aliphatic heterocycles. The summed E-state index contributed by atoms with van der Waals surface area (Å²) >= 11 is 1.39. The van der Waals surface area contributed by atoms with E-state index in [4.69, 9.17) is 0 Å². The number of aromatic nitrogens is 1. The van der Waals surface area contributed by atoms with Gasteiger partial charge in [-0.1, -0.05) is 55.0 Å². The van der Waals surface area contributed by atoms with Crippen LogP contribution in [-0.2, 0) is 16.6 Å². The molecule has 0 fully saturated rings. The van der Waals surface area contributed by atoms with E-state index in [0.717, 1.165) is 15.8 Å². The molecule has 0 aliphatic carbocycles. The highest BCUT2D eigenvalue weighted by atomic mass is 32.2. The molecule has 0 unspecified atom stereocenters. The van der Waals surface area contributed by atoms with E-state index >= 15 is 0 Å². The topological polar surface area (TPSA) is 51.4 Å². The summed E-state index contributed by atoms with van der Waals surface area (Å²) in [6.45, 7) is 10.5. The predicted molar refractivity (Wildman–Crippen MR) is 108 cm³/mol. The second-order valence-corrected chi connectivity index (χ2v) is 9.16. The van der Waals surface area contributed by atoms with Gasteiger partial charge in [0.2, 0.25) is 4.80 Å². The van der Waals surface area contributed by atoms with Gasteiger partial charge in [-0.15, -0.1) is 11.0 Å². The predicted octanol–water partition coefficient (Wildman–Crippen LogP) is 4.61. The van der Waals surface area contributed by atoms with E-state index in [1.807, 2.05) is 17.6 Å². The molecule has 0 atom stereocenters. The van der Waals surface area contributed by atoms with Gasteiger partial charge in [0.15, 0.2) is 0 Å². The molecule has 2 aromatic carbocycles. The van der Waals surface area contributed by atoms with Crippen LogP contribution in [0.15, 0.2) is 64.4 Å². The Morgan fingerprint density at radius 2 is 1.88 bits per heavy atom. The van der Waals surface area contributed by atoms with Crippen molar-refractivity contribution in [3.05, 3.63) is 71.0 Å². The number of aryl methyl sites for hydroxylation is 1. The average Bonchev–Trinajstić information content (AvgIpc) is 2.91. The molecule has 1 aromatic heterocycles. The van der Waals surface area contributed by atoms with Crippen molar-refractivity contribution in [1.82, 2.24) is 4.57 Å². The van der Waals surface area contributed by atoms with E-state index in [0.29, 0.717) is 17.3 Å². The second kappa shape index (κ2) is 7.21. The summed E-state index contributed by atoms with van der Waals surface area (Å²) in [7, 11) is -3.76. The lowest BCUT2D eigenvalue weighted by molar-refractivity contribution is 0.596. The number of hydrogen-bond acceptors (Lipinski definition) is 3. The Hall–Kier alpha value is -2.18. The van der Waals surface area contributed by atoms with Crippen molar-refractivity contribution in [2.24, 2.45) is 4.40 Å². The molecule has 26 heavy (non-hydrogen) atoms. The van der Waals surface area contributed by atoms with E-state index < -0.39 is 10.0 Å². The summed E-state index contributed by atoms with van der Waals surface area (Å²) < 4.78 is 32.5. The molecule has 1 heterocycles. The third-order valence-corrected chi connectivity index (χ3v) is 6.64. The number of thiazole rings is 1. The van der Waals surface area contributed by atoms with Gasteiger partial charge in [-0.05, 0) is 42.7 Å². The van der Waals surface area contributed by atoms with Crippen LogP contribution in [0.5, 0.6) is 0 Å². The Balaban J connectivity index is 2.22. The molecule has 3 aromatic rings. The Bertz CT molecular complexity index is 1120. The molecule has 0 saturated heterocycles. The first-order valence-electron chi connectivity index (χ1n) is 8.43. The lowest BCUT2D eigenvalue weighted by atomic mass is 10.0. The molecule has 136 valence electrons. The number of rotatable bonds is 5.